The highest BCUT2D eigenvalue weighted by Gasteiger charge is 2.32. The Kier molecular flexibility index (Phi) is 6.24. The fraction of sp³-hybridized carbons (Fsp3) is 0.250. The highest BCUT2D eigenvalue weighted by Crippen LogP contribution is 2.32. The van der Waals surface area contributed by atoms with Gasteiger partial charge in [-0.2, -0.15) is 13.2 Å². The molecule has 0 atom stereocenters. The molecule has 28 heavy (non-hydrogen) atoms. The number of carbonyl (C=O) groups is 1. The molecule has 0 spiro atoms. The fourth-order valence-corrected chi connectivity index (χ4v) is 3.34. The Labute approximate surface area is 168 Å². The van der Waals surface area contributed by atoms with E-state index in [1.54, 1.807) is 19.0 Å². The van der Waals surface area contributed by atoms with Gasteiger partial charge in [0.05, 0.1) is 22.0 Å². The lowest BCUT2D eigenvalue weighted by Gasteiger charge is -2.16. The second-order valence-corrected chi connectivity index (χ2v) is 8.64. The predicted molar refractivity (Wildman–Crippen MR) is 104 cm³/mol. The first-order valence-corrected chi connectivity index (χ1v) is 10.3. The summed E-state index contributed by atoms with van der Waals surface area (Å²) in [5.41, 5.74) is -1.23. The third-order valence-electron chi connectivity index (χ3n) is 3.38. The summed E-state index contributed by atoms with van der Waals surface area (Å²) in [5.74, 6) is -0.755. The van der Waals surface area contributed by atoms with Crippen LogP contribution in [0.4, 0.5) is 30.4 Å². The molecule has 0 radical (unpaired) electrons. The van der Waals surface area contributed by atoms with Crippen LogP contribution in [0.5, 0.6) is 0 Å². The number of pyridine rings is 1. The summed E-state index contributed by atoms with van der Waals surface area (Å²) in [6, 6.07) is 3.79. The minimum atomic E-state index is -4.77. The Morgan fingerprint density at radius 2 is 1.82 bits per heavy atom. The van der Waals surface area contributed by atoms with E-state index < -0.39 is 27.7 Å². The first kappa shape index (κ1) is 22.0. The van der Waals surface area contributed by atoms with Gasteiger partial charge in [0.2, 0.25) is 10.0 Å². The van der Waals surface area contributed by atoms with E-state index >= 15 is 0 Å². The molecule has 2 aromatic rings. The number of carbonyl (C=O) groups excluding carboxylic acids is 1. The maximum absolute atomic E-state index is 13.1. The van der Waals surface area contributed by atoms with Crippen LogP contribution in [0.15, 0.2) is 34.9 Å². The van der Waals surface area contributed by atoms with Crippen LogP contribution in [0.3, 0.4) is 0 Å². The van der Waals surface area contributed by atoms with Crippen LogP contribution in [0.25, 0.3) is 0 Å². The first-order chi connectivity index (χ1) is 12.8. The van der Waals surface area contributed by atoms with Gasteiger partial charge >= 0.3 is 6.18 Å². The number of sulfonamides is 1. The van der Waals surface area contributed by atoms with Crippen molar-refractivity contribution in [2.75, 3.05) is 35.3 Å². The number of benzene rings is 1. The van der Waals surface area contributed by atoms with Gasteiger partial charge in [-0.05, 0) is 34.1 Å². The van der Waals surface area contributed by atoms with E-state index in [1.165, 1.54) is 12.3 Å². The third kappa shape index (κ3) is 5.83. The van der Waals surface area contributed by atoms with Crippen molar-refractivity contribution in [3.8, 4) is 0 Å². The molecule has 0 unspecified atom stereocenters. The molecule has 2 N–H and O–H groups in total. The number of nitrogens with zero attached hydrogens (tertiary/aromatic N) is 2. The highest BCUT2D eigenvalue weighted by molar-refractivity contribution is 9.10. The van der Waals surface area contributed by atoms with Gasteiger partial charge in [0.1, 0.15) is 5.82 Å². The Morgan fingerprint density at radius 1 is 1.18 bits per heavy atom. The second kappa shape index (κ2) is 7.95. The fourth-order valence-electron chi connectivity index (χ4n) is 2.22. The Morgan fingerprint density at radius 3 is 2.36 bits per heavy atom. The smallest absolute Gasteiger partial charge is 0.377 e. The minimum absolute atomic E-state index is 0.118. The van der Waals surface area contributed by atoms with Crippen molar-refractivity contribution in [2.24, 2.45) is 0 Å². The molecule has 1 aromatic carbocycles. The van der Waals surface area contributed by atoms with E-state index in [1.807, 2.05) is 4.72 Å². The lowest BCUT2D eigenvalue weighted by atomic mass is 10.1. The zero-order chi connectivity index (χ0) is 21.3. The molecule has 2 rings (SSSR count). The normalized spacial score (nSPS) is 11.8. The van der Waals surface area contributed by atoms with Gasteiger partial charge in [-0.3, -0.25) is 9.52 Å². The van der Waals surface area contributed by atoms with Crippen molar-refractivity contribution in [1.29, 1.82) is 0 Å². The molecule has 1 aromatic heterocycles. The molecule has 1 amide bonds. The van der Waals surface area contributed by atoms with Crippen LogP contribution in [0, 0.1) is 0 Å². The Bertz CT molecular complexity index is 1010. The predicted octanol–water partition coefficient (Wildman–Crippen LogP) is 3.55. The highest BCUT2D eigenvalue weighted by atomic mass is 79.9. The van der Waals surface area contributed by atoms with Crippen LogP contribution in [0.2, 0.25) is 0 Å². The zero-order valence-electron chi connectivity index (χ0n) is 14.9. The largest absolute Gasteiger partial charge is 0.416 e. The van der Waals surface area contributed by atoms with Crippen molar-refractivity contribution in [3.05, 3.63) is 46.1 Å². The molecule has 0 bridgehead atoms. The molecule has 0 saturated carbocycles. The number of anilines is 3. The number of rotatable bonds is 5. The summed E-state index contributed by atoms with van der Waals surface area (Å²) in [4.78, 5) is 18.2. The topological polar surface area (TPSA) is 91.4 Å². The molecule has 0 aliphatic rings. The zero-order valence-corrected chi connectivity index (χ0v) is 17.3. The second-order valence-electron chi connectivity index (χ2n) is 6.04. The van der Waals surface area contributed by atoms with E-state index in [0.29, 0.717) is 22.3 Å². The maximum Gasteiger partial charge on any atom is 0.416 e. The summed E-state index contributed by atoms with van der Waals surface area (Å²) in [6.07, 6.45) is -2.53. The first-order valence-electron chi connectivity index (χ1n) is 7.60. The monoisotopic (exact) mass is 480 g/mol. The average molecular weight is 481 g/mol. The van der Waals surface area contributed by atoms with Gasteiger partial charge in [0, 0.05) is 37.6 Å². The number of nitrogens with one attached hydrogen (secondary N) is 2. The number of hydrogen-bond donors (Lipinski definition) is 2. The van der Waals surface area contributed by atoms with E-state index in [-0.39, 0.29) is 17.1 Å². The molecule has 0 saturated heterocycles. The molecule has 0 fully saturated rings. The van der Waals surface area contributed by atoms with Crippen LogP contribution < -0.4 is 14.9 Å². The summed E-state index contributed by atoms with van der Waals surface area (Å²) in [5, 5.41) is 2.41. The van der Waals surface area contributed by atoms with E-state index in [2.05, 4.69) is 26.2 Å². The number of aromatic nitrogens is 1. The summed E-state index contributed by atoms with van der Waals surface area (Å²) in [7, 11) is -0.302. The SMILES string of the molecule is CN(C)c1cc(NC(=O)c2cc(NS(C)(=O)=O)cc(C(F)(F)F)c2)ncc1Br. The summed E-state index contributed by atoms with van der Waals surface area (Å²) < 4.78 is 64.7. The molecule has 152 valence electrons. The van der Waals surface area contributed by atoms with Crippen molar-refractivity contribution in [1.82, 2.24) is 4.98 Å². The molecular weight excluding hydrogens is 465 g/mol. The van der Waals surface area contributed by atoms with Crippen molar-refractivity contribution in [2.45, 2.75) is 6.18 Å². The molecule has 0 aliphatic carbocycles. The average Bonchev–Trinajstić information content (AvgIpc) is 2.53. The van der Waals surface area contributed by atoms with Gasteiger partial charge in [-0.1, -0.05) is 0 Å². The molecule has 1 heterocycles. The van der Waals surface area contributed by atoms with Crippen LogP contribution in [0.1, 0.15) is 15.9 Å². The van der Waals surface area contributed by atoms with Gasteiger partial charge in [0.25, 0.3) is 5.91 Å². The Hall–Kier alpha value is -2.34. The van der Waals surface area contributed by atoms with E-state index in [4.69, 9.17) is 0 Å². The number of hydrogen-bond acceptors (Lipinski definition) is 5. The quantitative estimate of drug-likeness (QED) is 0.682. The van der Waals surface area contributed by atoms with E-state index in [9.17, 15) is 26.4 Å². The lowest BCUT2D eigenvalue weighted by molar-refractivity contribution is -0.137. The van der Waals surface area contributed by atoms with Crippen molar-refractivity contribution >= 4 is 49.1 Å². The molecule has 0 aliphatic heterocycles. The van der Waals surface area contributed by atoms with Gasteiger partial charge in [-0.25, -0.2) is 13.4 Å². The Balaban J connectivity index is 2.41. The van der Waals surface area contributed by atoms with Crippen molar-refractivity contribution in [3.63, 3.8) is 0 Å². The van der Waals surface area contributed by atoms with Crippen molar-refractivity contribution < 1.29 is 26.4 Å². The third-order valence-corrected chi connectivity index (χ3v) is 4.60. The van der Waals surface area contributed by atoms with Gasteiger partial charge in [-0.15, -0.1) is 0 Å². The molecule has 7 nitrogen and oxygen atoms in total. The number of halogens is 4. The van der Waals surface area contributed by atoms with Gasteiger partial charge in [0.15, 0.2) is 0 Å². The molecular formula is C16H16BrF3N4O3S. The minimum Gasteiger partial charge on any atom is -0.377 e. The summed E-state index contributed by atoms with van der Waals surface area (Å²) in [6.45, 7) is 0. The van der Waals surface area contributed by atoms with E-state index in [0.717, 1.165) is 12.3 Å². The standard InChI is InChI=1S/C16H16BrF3N4O3S/c1-24(2)13-7-14(21-8-12(13)17)22-15(25)9-4-10(16(18,19)20)6-11(5-9)23-28(3,26)27/h4-8,23H,1-3H3,(H,21,22,25). The lowest BCUT2D eigenvalue weighted by Crippen LogP contribution is -2.17. The van der Waals surface area contributed by atoms with Crippen LogP contribution in [-0.4, -0.2) is 39.7 Å². The number of amides is 1. The summed E-state index contributed by atoms with van der Waals surface area (Å²) >= 11 is 3.30. The number of alkyl halides is 3. The molecule has 12 heteroatoms. The van der Waals surface area contributed by atoms with Gasteiger partial charge < -0.3 is 10.2 Å². The van der Waals surface area contributed by atoms with Crippen LogP contribution >= 0.6 is 15.9 Å². The maximum atomic E-state index is 13.1. The van der Waals surface area contributed by atoms with Crippen LogP contribution in [-0.2, 0) is 16.2 Å².